The molecule has 0 aliphatic rings. The van der Waals surface area contributed by atoms with Gasteiger partial charge in [-0.3, -0.25) is 9.98 Å². The molecule has 0 saturated heterocycles. The van der Waals surface area contributed by atoms with Crippen LogP contribution in [0.4, 0.5) is 0 Å². The monoisotopic (exact) mass is 461 g/mol. The smallest absolute Gasteiger partial charge is 0.238 e. The molecule has 2 aromatic rings. The molecule has 0 atom stereocenters. The summed E-state index contributed by atoms with van der Waals surface area (Å²) in [4.78, 5) is 8.44. The first kappa shape index (κ1) is 20.3. The van der Waals surface area contributed by atoms with Crippen LogP contribution in [-0.2, 0) is 23.1 Å². The van der Waals surface area contributed by atoms with Crippen molar-refractivity contribution in [1.82, 2.24) is 15.6 Å². The summed E-state index contributed by atoms with van der Waals surface area (Å²) in [5.41, 5.74) is 1.83. The van der Waals surface area contributed by atoms with Crippen LogP contribution in [0.15, 0.2) is 58.5 Å². The predicted molar refractivity (Wildman–Crippen MR) is 105 cm³/mol. The SMILES string of the molecule is CN=C(NCc1ccc(S(N)(=O)=O)cc1)NCc1ccccn1.I. The maximum atomic E-state index is 11.2. The number of hydrogen-bond donors (Lipinski definition) is 3. The van der Waals surface area contributed by atoms with Gasteiger partial charge < -0.3 is 10.6 Å². The first-order valence-electron chi connectivity index (χ1n) is 6.95. The van der Waals surface area contributed by atoms with E-state index in [0.29, 0.717) is 19.0 Å². The summed E-state index contributed by atoms with van der Waals surface area (Å²) in [5.74, 6) is 0.631. The summed E-state index contributed by atoms with van der Waals surface area (Å²) in [6.45, 7) is 1.07. The Bertz CT molecular complexity index is 764. The molecule has 2 rings (SSSR count). The van der Waals surface area contributed by atoms with Gasteiger partial charge >= 0.3 is 0 Å². The van der Waals surface area contributed by atoms with E-state index >= 15 is 0 Å². The van der Waals surface area contributed by atoms with Crippen LogP contribution in [0.5, 0.6) is 0 Å². The second kappa shape index (κ2) is 9.55. The molecule has 0 unspecified atom stereocenters. The van der Waals surface area contributed by atoms with Crippen LogP contribution in [0.3, 0.4) is 0 Å². The van der Waals surface area contributed by atoms with E-state index in [1.54, 1.807) is 25.4 Å². The molecule has 0 aliphatic carbocycles. The van der Waals surface area contributed by atoms with Crippen molar-refractivity contribution < 1.29 is 8.42 Å². The largest absolute Gasteiger partial charge is 0.352 e. The van der Waals surface area contributed by atoms with Crippen LogP contribution >= 0.6 is 24.0 Å². The topological polar surface area (TPSA) is 109 Å². The Kier molecular flexibility index (Phi) is 8.08. The normalized spacial score (nSPS) is 11.5. The van der Waals surface area contributed by atoms with Crippen LogP contribution in [0.25, 0.3) is 0 Å². The lowest BCUT2D eigenvalue weighted by atomic mass is 10.2. The predicted octanol–water partition coefficient (Wildman–Crippen LogP) is 1.21. The number of nitrogens with two attached hydrogens (primary N) is 1. The molecule has 0 aliphatic heterocycles. The summed E-state index contributed by atoms with van der Waals surface area (Å²) in [6, 6.07) is 12.1. The number of nitrogens with zero attached hydrogens (tertiary/aromatic N) is 2. The molecule has 1 aromatic heterocycles. The van der Waals surface area contributed by atoms with Crippen molar-refractivity contribution in [3.05, 3.63) is 59.9 Å². The highest BCUT2D eigenvalue weighted by Crippen LogP contribution is 2.08. The van der Waals surface area contributed by atoms with Gasteiger partial charge in [0.05, 0.1) is 17.1 Å². The van der Waals surface area contributed by atoms with Crippen LogP contribution < -0.4 is 15.8 Å². The average Bonchev–Trinajstić information content (AvgIpc) is 2.55. The van der Waals surface area contributed by atoms with Gasteiger partial charge in [-0.05, 0) is 29.8 Å². The molecule has 1 heterocycles. The van der Waals surface area contributed by atoms with E-state index in [-0.39, 0.29) is 28.9 Å². The summed E-state index contributed by atoms with van der Waals surface area (Å²) in [5, 5.41) is 11.4. The van der Waals surface area contributed by atoms with Crippen molar-refractivity contribution >= 4 is 40.0 Å². The number of aliphatic imine (C=N–C) groups is 1. The van der Waals surface area contributed by atoms with Gasteiger partial charge in [-0.2, -0.15) is 0 Å². The molecule has 130 valence electrons. The minimum absolute atomic E-state index is 0. The number of sulfonamides is 1. The van der Waals surface area contributed by atoms with Gasteiger partial charge in [0.2, 0.25) is 10.0 Å². The van der Waals surface area contributed by atoms with Gasteiger partial charge in [-0.25, -0.2) is 13.6 Å². The third-order valence-corrected chi connectivity index (χ3v) is 4.03. The number of guanidine groups is 1. The van der Waals surface area contributed by atoms with Gasteiger partial charge in [-0.15, -0.1) is 24.0 Å². The second-order valence-corrected chi connectivity index (χ2v) is 6.35. The standard InChI is InChI=1S/C15H19N5O2S.HI/c1-17-15(20-11-13-4-2-3-9-18-13)19-10-12-5-7-14(8-6-12)23(16,21)22;/h2-9H,10-11H2,1H3,(H2,16,21,22)(H2,17,19,20);1H. The molecule has 0 fully saturated rings. The zero-order valence-corrected chi connectivity index (χ0v) is 16.3. The van der Waals surface area contributed by atoms with Gasteiger partial charge in [0.25, 0.3) is 0 Å². The van der Waals surface area contributed by atoms with Gasteiger partial charge in [0.15, 0.2) is 5.96 Å². The molecule has 7 nitrogen and oxygen atoms in total. The molecule has 0 radical (unpaired) electrons. The fourth-order valence-electron chi connectivity index (χ4n) is 1.88. The summed E-state index contributed by atoms with van der Waals surface area (Å²) in [7, 11) is -1.98. The maximum absolute atomic E-state index is 11.2. The molecule has 9 heteroatoms. The van der Waals surface area contributed by atoms with E-state index in [9.17, 15) is 8.42 Å². The Labute approximate surface area is 158 Å². The molecule has 0 spiro atoms. The maximum Gasteiger partial charge on any atom is 0.238 e. The van der Waals surface area contributed by atoms with Crippen molar-refractivity contribution in [3.8, 4) is 0 Å². The highest BCUT2D eigenvalue weighted by Gasteiger charge is 2.06. The van der Waals surface area contributed by atoms with Crippen molar-refractivity contribution in [1.29, 1.82) is 0 Å². The van der Waals surface area contributed by atoms with Gasteiger partial charge in [-0.1, -0.05) is 18.2 Å². The zero-order valence-electron chi connectivity index (χ0n) is 13.1. The third-order valence-electron chi connectivity index (χ3n) is 3.10. The lowest BCUT2D eigenvalue weighted by Crippen LogP contribution is -2.36. The fourth-order valence-corrected chi connectivity index (χ4v) is 2.40. The quantitative estimate of drug-likeness (QED) is 0.353. The van der Waals surface area contributed by atoms with E-state index in [1.165, 1.54) is 12.1 Å². The van der Waals surface area contributed by atoms with Crippen LogP contribution in [0.2, 0.25) is 0 Å². The lowest BCUT2D eigenvalue weighted by Gasteiger charge is -2.11. The number of benzene rings is 1. The Morgan fingerprint density at radius 1 is 1.12 bits per heavy atom. The Hall–Kier alpha value is -1.72. The van der Waals surface area contributed by atoms with Crippen LogP contribution in [-0.4, -0.2) is 26.4 Å². The number of rotatable bonds is 5. The number of aromatic nitrogens is 1. The number of hydrogen-bond acceptors (Lipinski definition) is 4. The first-order chi connectivity index (χ1) is 11.0. The zero-order chi connectivity index (χ0) is 16.7. The molecule has 4 N–H and O–H groups in total. The molecular formula is C15H20IN5O2S. The molecular weight excluding hydrogens is 441 g/mol. The van der Waals surface area contributed by atoms with Crippen LogP contribution in [0, 0.1) is 0 Å². The second-order valence-electron chi connectivity index (χ2n) is 4.79. The Morgan fingerprint density at radius 3 is 2.33 bits per heavy atom. The van der Waals surface area contributed by atoms with E-state index in [2.05, 4.69) is 20.6 Å². The lowest BCUT2D eigenvalue weighted by molar-refractivity contribution is 0.597. The number of pyridine rings is 1. The molecule has 0 saturated carbocycles. The van der Waals surface area contributed by atoms with E-state index in [0.717, 1.165) is 11.3 Å². The minimum Gasteiger partial charge on any atom is -0.352 e. The van der Waals surface area contributed by atoms with Crippen LogP contribution in [0.1, 0.15) is 11.3 Å². The Balaban J connectivity index is 0.00000288. The molecule has 0 bridgehead atoms. The first-order valence-corrected chi connectivity index (χ1v) is 8.50. The highest BCUT2D eigenvalue weighted by atomic mass is 127. The van der Waals surface area contributed by atoms with Crippen molar-refractivity contribution in [2.75, 3.05) is 7.05 Å². The highest BCUT2D eigenvalue weighted by molar-refractivity contribution is 14.0. The summed E-state index contributed by atoms with van der Waals surface area (Å²) < 4.78 is 22.4. The number of halogens is 1. The fraction of sp³-hybridized carbons (Fsp3) is 0.200. The van der Waals surface area contributed by atoms with Crippen molar-refractivity contribution in [3.63, 3.8) is 0 Å². The average molecular weight is 461 g/mol. The third kappa shape index (κ3) is 6.42. The number of nitrogens with one attached hydrogen (secondary N) is 2. The molecule has 0 amide bonds. The number of primary sulfonamides is 1. The Morgan fingerprint density at radius 2 is 1.79 bits per heavy atom. The minimum atomic E-state index is -3.66. The van der Waals surface area contributed by atoms with Crippen molar-refractivity contribution in [2.24, 2.45) is 10.1 Å². The summed E-state index contributed by atoms with van der Waals surface area (Å²) in [6.07, 6.45) is 1.74. The van der Waals surface area contributed by atoms with E-state index < -0.39 is 10.0 Å². The van der Waals surface area contributed by atoms with Crippen molar-refractivity contribution in [2.45, 2.75) is 18.0 Å². The van der Waals surface area contributed by atoms with Gasteiger partial charge in [0.1, 0.15) is 0 Å². The summed E-state index contributed by atoms with van der Waals surface area (Å²) >= 11 is 0. The molecule has 24 heavy (non-hydrogen) atoms. The van der Waals surface area contributed by atoms with E-state index in [4.69, 9.17) is 5.14 Å². The van der Waals surface area contributed by atoms with E-state index in [1.807, 2.05) is 18.2 Å². The van der Waals surface area contributed by atoms with Gasteiger partial charge in [0, 0.05) is 19.8 Å². The molecule has 1 aromatic carbocycles.